The highest BCUT2D eigenvalue weighted by atomic mass is 16.5. The van der Waals surface area contributed by atoms with Crippen molar-refractivity contribution >= 4 is 11.9 Å². The molecule has 0 saturated carbocycles. The van der Waals surface area contributed by atoms with E-state index in [1.807, 2.05) is 19.1 Å². The van der Waals surface area contributed by atoms with Gasteiger partial charge in [-0.1, -0.05) is 17.7 Å². The first-order chi connectivity index (χ1) is 8.52. The van der Waals surface area contributed by atoms with Crippen molar-refractivity contribution in [2.24, 2.45) is 0 Å². The molecule has 1 aromatic rings. The summed E-state index contributed by atoms with van der Waals surface area (Å²) in [5, 5.41) is 2.63. The molecule has 0 unspecified atom stereocenters. The molecule has 1 aromatic carbocycles. The molecule has 1 amide bonds. The molecule has 0 aromatic heterocycles. The Bertz CT molecular complexity index is 478. The standard InChI is InChI=1S/C14H17NO3/c1-4-18-13(16)9-11(3)15-14(17)12-7-5-6-10(2)8-12/h5-9H,4H2,1-3H3,(H,15,17). The third-order valence-corrected chi connectivity index (χ3v) is 2.21. The fourth-order valence-corrected chi connectivity index (χ4v) is 1.43. The van der Waals surface area contributed by atoms with Crippen LogP contribution in [0.25, 0.3) is 0 Å². The third-order valence-electron chi connectivity index (χ3n) is 2.21. The zero-order valence-electron chi connectivity index (χ0n) is 10.8. The lowest BCUT2D eigenvalue weighted by molar-refractivity contribution is -0.137. The van der Waals surface area contributed by atoms with E-state index in [0.717, 1.165) is 5.56 Å². The minimum atomic E-state index is -0.459. The number of esters is 1. The van der Waals surface area contributed by atoms with Gasteiger partial charge in [-0.3, -0.25) is 4.79 Å². The van der Waals surface area contributed by atoms with Crippen LogP contribution in [0.4, 0.5) is 0 Å². The minimum absolute atomic E-state index is 0.239. The van der Waals surface area contributed by atoms with Crippen LogP contribution in [0.15, 0.2) is 36.0 Å². The predicted octanol–water partition coefficient (Wildman–Crippen LogP) is 2.19. The molecule has 96 valence electrons. The Labute approximate surface area is 107 Å². The summed E-state index contributed by atoms with van der Waals surface area (Å²) in [6, 6.07) is 7.24. The van der Waals surface area contributed by atoms with Crippen molar-refractivity contribution in [1.29, 1.82) is 0 Å². The van der Waals surface area contributed by atoms with E-state index in [4.69, 9.17) is 4.74 Å². The van der Waals surface area contributed by atoms with Crippen molar-refractivity contribution in [1.82, 2.24) is 5.32 Å². The normalized spacial score (nSPS) is 10.9. The van der Waals surface area contributed by atoms with Crippen LogP contribution < -0.4 is 5.32 Å². The van der Waals surface area contributed by atoms with E-state index in [1.165, 1.54) is 6.08 Å². The first-order valence-electron chi connectivity index (χ1n) is 5.76. The fourth-order valence-electron chi connectivity index (χ4n) is 1.43. The molecule has 0 aliphatic rings. The Hall–Kier alpha value is -2.10. The van der Waals surface area contributed by atoms with Gasteiger partial charge in [0.05, 0.1) is 6.61 Å². The van der Waals surface area contributed by atoms with Crippen molar-refractivity contribution in [2.75, 3.05) is 6.61 Å². The van der Waals surface area contributed by atoms with Gasteiger partial charge in [0.1, 0.15) is 0 Å². The maximum atomic E-state index is 11.8. The van der Waals surface area contributed by atoms with Crippen LogP contribution in [-0.2, 0) is 9.53 Å². The zero-order valence-corrected chi connectivity index (χ0v) is 10.8. The number of carbonyl (C=O) groups is 2. The number of ether oxygens (including phenoxy) is 1. The molecule has 0 aliphatic carbocycles. The van der Waals surface area contributed by atoms with E-state index in [0.29, 0.717) is 17.9 Å². The zero-order chi connectivity index (χ0) is 13.5. The van der Waals surface area contributed by atoms with Crippen molar-refractivity contribution in [3.63, 3.8) is 0 Å². The Morgan fingerprint density at radius 3 is 2.72 bits per heavy atom. The number of benzene rings is 1. The van der Waals surface area contributed by atoms with Crippen molar-refractivity contribution in [3.05, 3.63) is 47.2 Å². The summed E-state index contributed by atoms with van der Waals surface area (Å²) in [6.07, 6.45) is 1.26. The van der Waals surface area contributed by atoms with Crippen molar-refractivity contribution in [3.8, 4) is 0 Å². The summed E-state index contributed by atoms with van der Waals surface area (Å²) in [4.78, 5) is 23.0. The van der Waals surface area contributed by atoms with Crippen molar-refractivity contribution in [2.45, 2.75) is 20.8 Å². The number of hydrogen-bond acceptors (Lipinski definition) is 3. The van der Waals surface area contributed by atoms with Crippen LogP contribution in [0.5, 0.6) is 0 Å². The maximum absolute atomic E-state index is 11.8. The second-order valence-corrected chi connectivity index (χ2v) is 3.90. The molecule has 18 heavy (non-hydrogen) atoms. The second-order valence-electron chi connectivity index (χ2n) is 3.90. The van der Waals surface area contributed by atoms with Crippen LogP contribution in [0, 0.1) is 6.92 Å². The molecule has 0 saturated heterocycles. The second kappa shape index (κ2) is 6.59. The SMILES string of the molecule is CCOC(=O)C=C(C)NC(=O)c1cccc(C)c1. The minimum Gasteiger partial charge on any atom is -0.463 e. The molecule has 4 heteroatoms. The molecular formula is C14H17NO3. The van der Waals surface area contributed by atoms with Gasteiger partial charge in [0, 0.05) is 17.3 Å². The molecular weight excluding hydrogens is 230 g/mol. The maximum Gasteiger partial charge on any atom is 0.332 e. The Balaban J connectivity index is 2.68. The van der Waals surface area contributed by atoms with Gasteiger partial charge in [-0.15, -0.1) is 0 Å². The number of nitrogens with one attached hydrogen (secondary N) is 1. The highest BCUT2D eigenvalue weighted by Gasteiger charge is 2.06. The summed E-state index contributed by atoms with van der Waals surface area (Å²) in [5.74, 6) is -0.698. The summed E-state index contributed by atoms with van der Waals surface area (Å²) < 4.78 is 4.75. The van der Waals surface area contributed by atoms with Gasteiger partial charge in [-0.05, 0) is 32.9 Å². The fraction of sp³-hybridized carbons (Fsp3) is 0.286. The lowest BCUT2D eigenvalue weighted by Crippen LogP contribution is -2.22. The van der Waals surface area contributed by atoms with E-state index in [-0.39, 0.29) is 5.91 Å². The number of allylic oxidation sites excluding steroid dienone is 1. The Morgan fingerprint density at radius 1 is 1.39 bits per heavy atom. The van der Waals surface area contributed by atoms with E-state index in [9.17, 15) is 9.59 Å². The molecule has 4 nitrogen and oxygen atoms in total. The molecule has 0 bridgehead atoms. The monoisotopic (exact) mass is 247 g/mol. The van der Waals surface area contributed by atoms with Gasteiger partial charge in [0.15, 0.2) is 0 Å². The van der Waals surface area contributed by atoms with Crippen LogP contribution >= 0.6 is 0 Å². The van der Waals surface area contributed by atoms with Crippen LogP contribution in [0.3, 0.4) is 0 Å². The topological polar surface area (TPSA) is 55.4 Å². The van der Waals surface area contributed by atoms with Crippen molar-refractivity contribution < 1.29 is 14.3 Å². The highest BCUT2D eigenvalue weighted by molar-refractivity contribution is 5.96. The van der Waals surface area contributed by atoms with E-state index >= 15 is 0 Å². The first kappa shape index (κ1) is 14.0. The average Bonchev–Trinajstić information content (AvgIpc) is 2.28. The predicted molar refractivity (Wildman–Crippen MR) is 69.0 cm³/mol. The molecule has 0 heterocycles. The lowest BCUT2D eigenvalue weighted by Gasteiger charge is -2.06. The lowest BCUT2D eigenvalue weighted by atomic mass is 10.1. The highest BCUT2D eigenvalue weighted by Crippen LogP contribution is 2.04. The van der Waals surface area contributed by atoms with E-state index in [1.54, 1.807) is 26.0 Å². The Kier molecular flexibility index (Phi) is 5.11. The van der Waals surface area contributed by atoms with Crippen LogP contribution in [-0.4, -0.2) is 18.5 Å². The van der Waals surface area contributed by atoms with Gasteiger partial charge in [0.2, 0.25) is 0 Å². The molecule has 1 rings (SSSR count). The molecule has 0 radical (unpaired) electrons. The summed E-state index contributed by atoms with van der Waals surface area (Å²) in [5.41, 5.74) is 2.03. The molecule has 1 N–H and O–H groups in total. The van der Waals surface area contributed by atoms with Gasteiger partial charge >= 0.3 is 5.97 Å². The number of hydrogen-bond donors (Lipinski definition) is 1. The molecule has 0 fully saturated rings. The molecule has 0 atom stereocenters. The smallest absolute Gasteiger partial charge is 0.332 e. The molecule has 0 aliphatic heterocycles. The average molecular weight is 247 g/mol. The summed E-state index contributed by atoms with van der Waals surface area (Å²) >= 11 is 0. The number of amides is 1. The van der Waals surface area contributed by atoms with Gasteiger partial charge in [-0.2, -0.15) is 0 Å². The third kappa shape index (κ3) is 4.41. The first-order valence-corrected chi connectivity index (χ1v) is 5.76. The molecule has 0 spiro atoms. The van der Waals surface area contributed by atoms with Gasteiger partial charge < -0.3 is 10.1 Å². The van der Waals surface area contributed by atoms with Gasteiger partial charge in [-0.25, -0.2) is 4.79 Å². The van der Waals surface area contributed by atoms with E-state index in [2.05, 4.69) is 5.32 Å². The quantitative estimate of drug-likeness (QED) is 0.655. The van der Waals surface area contributed by atoms with Gasteiger partial charge in [0.25, 0.3) is 5.91 Å². The number of carbonyl (C=O) groups excluding carboxylic acids is 2. The van der Waals surface area contributed by atoms with Crippen LogP contribution in [0.1, 0.15) is 29.8 Å². The van der Waals surface area contributed by atoms with E-state index < -0.39 is 5.97 Å². The summed E-state index contributed by atoms with van der Waals surface area (Å²) in [7, 11) is 0. The van der Waals surface area contributed by atoms with Crippen LogP contribution in [0.2, 0.25) is 0 Å². The Morgan fingerprint density at radius 2 is 2.11 bits per heavy atom. The number of aryl methyl sites for hydroxylation is 1. The largest absolute Gasteiger partial charge is 0.463 e. The number of rotatable bonds is 4. The summed E-state index contributed by atoms with van der Waals surface area (Å²) in [6.45, 7) is 5.60.